The molecule has 0 heterocycles. The van der Waals surface area contributed by atoms with Gasteiger partial charge in [-0.05, 0) is 12.3 Å². The van der Waals surface area contributed by atoms with Gasteiger partial charge in [-0.3, -0.25) is 4.79 Å². The lowest BCUT2D eigenvalue weighted by Crippen LogP contribution is -2.14. The molecule has 0 aliphatic rings. The zero-order chi connectivity index (χ0) is 12.4. The summed E-state index contributed by atoms with van der Waals surface area (Å²) in [6.45, 7) is 6.08. The molecule has 0 amide bonds. The molecule has 0 aromatic rings. The van der Waals surface area contributed by atoms with E-state index >= 15 is 0 Å². The lowest BCUT2D eigenvalue weighted by atomic mass is 10.0. The van der Waals surface area contributed by atoms with Gasteiger partial charge < -0.3 is 4.74 Å². The van der Waals surface area contributed by atoms with Crippen LogP contribution in [0.2, 0.25) is 0 Å². The summed E-state index contributed by atoms with van der Waals surface area (Å²) in [5, 5.41) is 0. The second-order valence-corrected chi connectivity index (χ2v) is 4.64. The average molecular weight is 228 g/mol. The number of ketones is 1. The zero-order valence-electron chi connectivity index (χ0n) is 10.8. The van der Waals surface area contributed by atoms with Crippen molar-refractivity contribution in [3.63, 3.8) is 0 Å². The predicted octanol–water partition coefficient (Wildman–Crippen LogP) is 3.12. The van der Waals surface area contributed by atoms with Crippen molar-refractivity contribution in [2.75, 3.05) is 6.61 Å². The minimum absolute atomic E-state index is 0.378. The molecule has 0 atom stereocenters. The van der Waals surface area contributed by atoms with Gasteiger partial charge >= 0.3 is 5.97 Å². The molecular formula is C13H24O3. The molecule has 94 valence electrons. The van der Waals surface area contributed by atoms with Crippen molar-refractivity contribution in [1.29, 1.82) is 0 Å². The number of Topliss-reactive ketones (excluding diaryl/α,β-unsaturated/α-hetero) is 1. The SMILES string of the molecule is CC(=O)C(=O)OCCCCCCCC(C)C. The number of carbonyl (C=O) groups is 2. The van der Waals surface area contributed by atoms with Crippen LogP contribution < -0.4 is 0 Å². The van der Waals surface area contributed by atoms with Crippen LogP contribution in [-0.2, 0) is 14.3 Å². The van der Waals surface area contributed by atoms with Crippen LogP contribution in [0.1, 0.15) is 59.3 Å². The Balaban J connectivity index is 3.16. The fourth-order valence-corrected chi connectivity index (χ4v) is 1.45. The molecule has 16 heavy (non-hydrogen) atoms. The van der Waals surface area contributed by atoms with Crippen LogP contribution in [0.15, 0.2) is 0 Å². The van der Waals surface area contributed by atoms with Crippen molar-refractivity contribution in [3.8, 4) is 0 Å². The van der Waals surface area contributed by atoms with E-state index in [1.807, 2.05) is 0 Å². The highest BCUT2D eigenvalue weighted by Crippen LogP contribution is 2.10. The maximum atomic E-state index is 10.8. The fraction of sp³-hybridized carbons (Fsp3) is 0.846. The van der Waals surface area contributed by atoms with Gasteiger partial charge in [-0.2, -0.15) is 0 Å². The Hall–Kier alpha value is -0.860. The van der Waals surface area contributed by atoms with Crippen molar-refractivity contribution >= 4 is 11.8 Å². The van der Waals surface area contributed by atoms with Gasteiger partial charge in [0.1, 0.15) is 0 Å². The van der Waals surface area contributed by atoms with E-state index in [0.717, 1.165) is 18.8 Å². The van der Waals surface area contributed by atoms with Crippen LogP contribution in [-0.4, -0.2) is 18.4 Å². The van der Waals surface area contributed by atoms with Crippen molar-refractivity contribution in [2.45, 2.75) is 59.3 Å². The summed E-state index contributed by atoms with van der Waals surface area (Å²) in [6, 6.07) is 0. The largest absolute Gasteiger partial charge is 0.460 e. The third kappa shape index (κ3) is 9.69. The Labute approximate surface area is 98.6 Å². The predicted molar refractivity (Wildman–Crippen MR) is 64.2 cm³/mol. The molecule has 0 saturated heterocycles. The van der Waals surface area contributed by atoms with Gasteiger partial charge in [-0.25, -0.2) is 4.79 Å². The molecule has 0 aliphatic heterocycles. The Morgan fingerprint density at radius 3 is 2.12 bits per heavy atom. The molecule has 0 unspecified atom stereocenters. The summed E-state index contributed by atoms with van der Waals surface area (Å²) in [6.07, 6.45) is 6.94. The van der Waals surface area contributed by atoms with Crippen LogP contribution in [0.5, 0.6) is 0 Å². The average Bonchev–Trinajstić information content (AvgIpc) is 2.21. The standard InChI is InChI=1S/C13H24O3/c1-11(2)9-7-5-4-6-8-10-16-13(15)12(3)14/h11H,4-10H2,1-3H3. The monoisotopic (exact) mass is 228 g/mol. The summed E-state index contributed by atoms with van der Waals surface area (Å²) in [5.74, 6) is -0.437. The zero-order valence-corrected chi connectivity index (χ0v) is 10.8. The van der Waals surface area contributed by atoms with E-state index < -0.39 is 11.8 Å². The number of hydrogen-bond acceptors (Lipinski definition) is 3. The molecule has 0 radical (unpaired) electrons. The maximum Gasteiger partial charge on any atom is 0.374 e. The van der Waals surface area contributed by atoms with Crippen LogP contribution in [0.25, 0.3) is 0 Å². The molecule has 0 bridgehead atoms. The summed E-state index contributed by atoms with van der Waals surface area (Å²) in [4.78, 5) is 21.3. The number of unbranched alkanes of at least 4 members (excludes halogenated alkanes) is 4. The van der Waals surface area contributed by atoms with Crippen LogP contribution >= 0.6 is 0 Å². The van der Waals surface area contributed by atoms with Crippen LogP contribution in [0.3, 0.4) is 0 Å². The number of carbonyl (C=O) groups excluding carboxylic acids is 2. The minimum Gasteiger partial charge on any atom is -0.460 e. The number of ether oxygens (including phenoxy) is 1. The van der Waals surface area contributed by atoms with Crippen molar-refractivity contribution in [2.24, 2.45) is 5.92 Å². The number of hydrogen-bond donors (Lipinski definition) is 0. The van der Waals surface area contributed by atoms with Gasteiger partial charge in [0.2, 0.25) is 5.78 Å². The van der Waals surface area contributed by atoms with Crippen molar-refractivity contribution in [1.82, 2.24) is 0 Å². The second-order valence-electron chi connectivity index (χ2n) is 4.64. The van der Waals surface area contributed by atoms with E-state index in [1.165, 1.54) is 32.6 Å². The highest BCUT2D eigenvalue weighted by Gasteiger charge is 2.07. The Bertz CT molecular complexity index is 209. The molecule has 3 heteroatoms. The van der Waals surface area contributed by atoms with E-state index in [-0.39, 0.29) is 0 Å². The molecule has 0 N–H and O–H groups in total. The molecule has 0 aromatic heterocycles. The molecule has 0 spiro atoms. The molecule has 0 rings (SSSR count). The highest BCUT2D eigenvalue weighted by atomic mass is 16.5. The quantitative estimate of drug-likeness (QED) is 0.346. The summed E-state index contributed by atoms with van der Waals surface area (Å²) < 4.78 is 4.76. The van der Waals surface area contributed by atoms with Gasteiger partial charge in [0.05, 0.1) is 6.61 Å². The third-order valence-electron chi connectivity index (χ3n) is 2.45. The molecule has 0 aromatic carbocycles. The van der Waals surface area contributed by atoms with E-state index in [2.05, 4.69) is 13.8 Å². The van der Waals surface area contributed by atoms with Gasteiger partial charge in [-0.15, -0.1) is 0 Å². The number of rotatable bonds is 9. The van der Waals surface area contributed by atoms with Gasteiger partial charge in [-0.1, -0.05) is 46.0 Å². The van der Waals surface area contributed by atoms with E-state index in [9.17, 15) is 9.59 Å². The Kier molecular flexibility index (Phi) is 8.87. The maximum absolute atomic E-state index is 10.8. The highest BCUT2D eigenvalue weighted by molar-refractivity contribution is 6.32. The smallest absolute Gasteiger partial charge is 0.374 e. The summed E-state index contributed by atoms with van der Waals surface area (Å²) in [5.41, 5.74) is 0. The fourth-order valence-electron chi connectivity index (χ4n) is 1.45. The lowest BCUT2D eigenvalue weighted by Gasteiger charge is -2.04. The normalized spacial score (nSPS) is 10.5. The van der Waals surface area contributed by atoms with E-state index in [1.54, 1.807) is 0 Å². The molecule has 0 saturated carbocycles. The Morgan fingerprint density at radius 2 is 1.56 bits per heavy atom. The molecule has 3 nitrogen and oxygen atoms in total. The van der Waals surface area contributed by atoms with E-state index in [4.69, 9.17) is 4.74 Å². The second kappa shape index (κ2) is 9.37. The summed E-state index contributed by atoms with van der Waals surface area (Å²) in [7, 11) is 0. The topological polar surface area (TPSA) is 43.4 Å². The number of esters is 1. The lowest BCUT2D eigenvalue weighted by molar-refractivity contribution is -0.153. The molecule has 0 aliphatic carbocycles. The first-order valence-corrected chi connectivity index (χ1v) is 6.21. The molecule has 0 fully saturated rings. The Morgan fingerprint density at radius 1 is 1.00 bits per heavy atom. The van der Waals surface area contributed by atoms with Crippen molar-refractivity contribution in [3.05, 3.63) is 0 Å². The minimum atomic E-state index is -0.709. The van der Waals surface area contributed by atoms with E-state index in [0.29, 0.717) is 6.61 Å². The first kappa shape index (κ1) is 15.1. The first-order chi connectivity index (χ1) is 7.54. The summed E-state index contributed by atoms with van der Waals surface area (Å²) >= 11 is 0. The van der Waals surface area contributed by atoms with Crippen LogP contribution in [0.4, 0.5) is 0 Å². The van der Waals surface area contributed by atoms with Gasteiger partial charge in [0.15, 0.2) is 0 Å². The van der Waals surface area contributed by atoms with Crippen molar-refractivity contribution < 1.29 is 14.3 Å². The third-order valence-corrected chi connectivity index (χ3v) is 2.45. The van der Waals surface area contributed by atoms with Crippen LogP contribution in [0, 0.1) is 5.92 Å². The molecular weight excluding hydrogens is 204 g/mol. The van der Waals surface area contributed by atoms with Gasteiger partial charge in [0.25, 0.3) is 0 Å². The van der Waals surface area contributed by atoms with Gasteiger partial charge in [0, 0.05) is 6.92 Å². The first-order valence-electron chi connectivity index (χ1n) is 6.21.